The fourth-order valence-electron chi connectivity index (χ4n) is 3.65. The molecular formula is C19H28ClN3O. The molecule has 5 heteroatoms. The number of aromatic amines is 1. The third-order valence-electron chi connectivity index (χ3n) is 5.23. The molecule has 24 heavy (non-hydrogen) atoms. The van der Waals surface area contributed by atoms with Crippen molar-refractivity contribution in [2.45, 2.75) is 39.2 Å². The summed E-state index contributed by atoms with van der Waals surface area (Å²) in [5.41, 5.74) is 8.44. The van der Waals surface area contributed by atoms with Crippen LogP contribution in [0.4, 0.5) is 0 Å². The van der Waals surface area contributed by atoms with Crippen LogP contribution >= 0.6 is 12.4 Å². The Morgan fingerprint density at radius 2 is 1.96 bits per heavy atom. The lowest BCUT2D eigenvalue weighted by Crippen LogP contribution is -2.48. The first-order valence-corrected chi connectivity index (χ1v) is 8.65. The molecule has 2 heterocycles. The van der Waals surface area contributed by atoms with Crippen LogP contribution in [0, 0.1) is 11.8 Å². The number of aromatic nitrogens is 1. The zero-order valence-electron chi connectivity index (χ0n) is 14.5. The van der Waals surface area contributed by atoms with Crippen LogP contribution in [0.2, 0.25) is 0 Å². The molecule has 3 N–H and O–H groups in total. The second-order valence-electron chi connectivity index (χ2n) is 7.08. The lowest BCUT2D eigenvalue weighted by molar-refractivity contribution is -0.134. The topological polar surface area (TPSA) is 62.1 Å². The Bertz CT molecular complexity index is 674. The molecule has 1 aliphatic rings. The molecule has 132 valence electrons. The van der Waals surface area contributed by atoms with Crippen LogP contribution in [0.3, 0.4) is 0 Å². The van der Waals surface area contributed by atoms with Crippen LogP contribution in [0.25, 0.3) is 10.9 Å². The van der Waals surface area contributed by atoms with Crippen LogP contribution in [-0.2, 0) is 11.2 Å². The quantitative estimate of drug-likeness (QED) is 0.889. The minimum absolute atomic E-state index is 0. The highest BCUT2D eigenvalue weighted by Crippen LogP contribution is 2.25. The zero-order chi connectivity index (χ0) is 16.4. The number of piperidine rings is 1. The first kappa shape index (κ1) is 18.8. The molecular weight excluding hydrogens is 322 g/mol. The third kappa shape index (κ3) is 3.93. The van der Waals surface area contributed by atoms with Crippen LogP contribution in [0.15, 0.2) is 30.5 Å². The Morgan fingerprint density at radius 3 is 2.62 bits per heavy atom. The van der Waals surface area contributed by atoms with Gasteiger partial charge >= 0.3 is 0 Å². The molecule has 0 bridgehead atoms. The zero-order valence-corrected chi connectivity index (χ0v) is 15.3. The number of carbonyl (C=O) groups is 1. The Labute approximate surface area is 150 Å². The molecule has 0 radical (unpaired) electrons. The lowest BCUT2D eigenvalue weighted by atomic mass is 9.86. The number of likely N-dealkylation sites (tertiary alicyclic amines) is 1. The fraction of sp³-hybridized carbons (Fsp3) is 0.526. The van der Waals surface area contributed by atoms with Gasteiger partial charge in [-0.15, -0.1) is 12.4 Å². The average Bonchev–Trinajstić information content (AvgIpc) is 2.97. The first-order chi connectivity index (χ1) is 11.1. The summed E-state index contributed by atoms with van der Waals surface area (Å²) in [5.74, 6) is 1.54. The van der Waals surface area contributed by atoms with Crippen molar-refractivity contribution in [3.8, 4) is 0 Å². The lowest BCUT2D eigenvalue weighted by Gasteiger charge is -2.35. The van der Waals surface area contributed by atoms with Crippen molar-refractivity contribution in [3.05, 3.63) is 36.0 Å². The van der Waals surface area contributed by atoms with Crippen LogP contribution in [-0.4, -0.2) is 34.9 Å². The van der Waals surface area contributed by atoms with Gasteiger partial charge in [0.15, 0.2) is 0 Å². The van der Waals surface area contributed by atoms with Crippen molar-refractivity contribution in [2.75, 3.05) is 13.1 Å². The maximum Gasteiger partial charge on any atom is 0.239 e. The number of benzene rings is 1. The van der Waals surface area contributed by atoms with Crippen molar-refractivity contribution in [1.29, 1.82) is 0 Å². The number of halogens is 1. The summed E-state index contributed by atoms with van der Waals surface area (Å²) < 4.78 is 0. The van der Waals surface area contributed by atoms with E-state index in [0.717, 1.165) is 48.3 Å². The van der Waals surface area contributed by atoms with Crippen molar-refractivity contribution in [3.63, 3.8) is 0 Å². The molecule has 0 unspecified atom stereocenters. The second kappa shape index (κ2) is 8.04. The van der Waals surface area contributed by atoms with Gasteiger partial charge in [0.25, 0.3) is 0 Å². The predicted octanol–water partition coefficient (Wildman–Crippen LogP) is 3.35. The summed E-state index contributed by atoms with van der Waals surface area (Å²) in [6.07, 6.45) is 4.77. The maximum absolute atomic E-state index is 12.6. The molecule has 1 aromatic carbocycles. The van der Waals surface area contributed by atoms with Gasteiger partial charge in [-0.25, -0.2) is 0 Å². The predicted molar refractivity (Wildman–Crippen MR) is 101 cm³/mol. The van der Waals surface area contributed by atoms with E-state index in [4.69, 9.17) is 5.73 Å². The van der Waals surface area contributed by atoms with E-state index in [-0.39, 0.29) is 18.3 Å². The number of H-pyrrole nitrogens is 1. The SMILES string of the molecule is CC(C)C1CCN(C(=O)[C@@H](N)Cc2c[nH]c3ccccc23)CC1.Cl. The molecule has 1 atom stereocenters. The summed E-state index contributed by atoms with van der Waals surface area (Å²) in [6.45, 7) is 6.24. The van der Waals surface area contributed by atoms with E-state index in [0.29, 0.717) is 12.3 Å². The van der Waals surface area contributed by atoms with E-state index >= 15 is 0 Å². The van der Waals surface area contributed by atoms with Crippen molar-refractivity contribution in [1.82, 2.24) is 9.88 Å². The Morgan fingerprint density at radius 1 is 1.29 bits per heavy atom. The number of nitrogens with one attached hydrogen (secondary N) is 1. The highest BCUT2D eigenvalue weighted by atomic mass is 35.5. The van der Waals surface area contributed by atoms with Gasteiger partial charge in [-0.05, 0) is 42.7 Å². The van der Waals surface area contributed by atoms with E-state index in [1.807, 2.05) is 29.3 Å². The highest BCUT2D eigenvalue weighted by molar-refractivity contribution is 5.86. The summed E-state index contributed by atoms with van der Waals surface area (Å²) in [5, 5.41) is 1.16. The molecule has 0 saturated carbocycles. The van der Waals surface area contributed by atoms with Gasteiger partial charge in [-0.2, -0.15) is 0 Å². The maximum atomic E-state index is 12.6. The van der Waals surface area contributed by atoms with Crippen LogP contribution in [0.1, 0.15) is 32.3 Å². The molecule has 1 aliphatic heterocycles. The number of para-hydroxylation sites is 1. The van der Waals surface area contributed by atoms with Gasteiger partial charge in [-0.1, -0.05) is 32.0 Å². The molecule has 4 nitrogen and oxygen atoms in total. The molecule has 1 saturated heterocycles. The van der Waals surface area contributed by atoms with Gasteiger partial charge in [0.05, 0.1) is 6.04 Å². The number of rotatable bonds is 4. The minimum atomic E-state index is -0.454. The number of hydrogen-bond donors (Lipinski definition) is 2. The van der Waals surface area contributed by atoms with Crippen LogP contribution < -0.4 is 5.73 Å². The summed E-state index contributed by atoms with van der Waals surface area (Å²) >= 11 is 0. The summed E-state index contributed by atoms with van der Waals surface area (Å²) in [7, 11) is 0. The molecule has 0 aliphatic carbocycles. The highest BCUT2D eigenvalue weighted by Gasteiger charge is 2.27. The van der Waals surface area contributed by atoms with Crippen molar-refractivity contribution < 1.29 is 4.79 Å². The standard InChI is InChI=1S/C19H27N3O.ClH/c1-13(2)14-7-9-22(10-8-14)19(23)17(20)11-15-12-21-18-6-4-3-5-16(15)18;/h3-6,12-14,17,21H,7-11,20H2,1-2H3;1H/t17-;/m0./s1. The van der Waals surface area contributed by atoms with E-state index < -0.39 is 6.04 Å². The molecule has 2 aromatic rings. The van der Waals surface area contributed by atoms with E-state index in [1.54, 1.807) is 0 Å². The number of carbonyl (C=O) groups excluding carboxylic acids is 1. The van der Waals surface area contributed by atoms with Gasteiger partial charge in [-0.3, -0.25) is 4.79 Å². The average molecular weight is 350 g/mol. The minimum Gasteiger partial charge on any atom is -0.361 e. The Hall–Kier alpha value is -1.52. The number of hydrogen-bond acceptors (Lipinski definition) is 2. The van der Waals surface area contributed by atoms with E-state index in [1.165, 1.54) is 0 Å². The molecule has 1 aromatic heterocycles. The Balaban J connectivity index is 0.00000208. The Kier molecular flexibility index (Phi) is 6.30. The smallest absolute Gasteiger partial charge is 0.239 e. The fourth-order valence-corrected chi connectivity index (χ4v) is 3.65. The number of amides is 1. The van der Waals surface area contributed by atoms with E-state index in [9.17, 15) is 4.79 Å². The number of nitrogens with two attached hydrogens (primary N) is 1. The molecule has 1 amide bonds. The molecule has 3 rings (SSSR count). The van der Waals surface area contributed by atoms with Gasteiger partial charge < -0.3 is 15.6 Å². The normalized spacial score (nSPS) is 17.1. The number of nitrogens with zero attached hydrogens (tertiary/aromatic N) is 1. The van der Waals surface area contributed by atoms with Crippen molar-refractivity contribution in [2.24, 2.45) is 17.6 Å². The third-order valence-corrected chi connectivity index (χ3v) is 5.23. The largest absolute Gasteiger partial charge is 0.361 e. The molecule has 1 fully saturated rings. The van der Waals surface area contributed by atoms with Crippen LogP contribution in [0.5, 0.6) is 0 Å². The van der Waals surface area contributed by atoms with E-state index in [2.05, 4.69) is 24.9 Å². The van der Waals surface area contributed by atoms with Gasteiger partial charge in [0.2, 0.25) is 5.91 Å². The van der Waals surface area contributed by atoms with Gasteiger partial charge in [0.1, 0.15) is 0 Å². The van der Waals surface area contributed by atoms with Crippen molar-refractivity contribution >= 4 is 29.2 Å². The second-order valence-corrected chi connectivity index (χ2v) is 7.08. The summed E-state index contributed by atoms with van der Waals surface area (Å²) in [6, 6.07) is 7.69. The summed E-state index contributed by atoms with van der Waals surface area (Å²) in [4.78, 5) is 17.8. The monoisotopic (exact) mass is 349 g/mol. The first-order valence-electron chi connectivity index (χ1n) is 8.65. The molecule has 0 spiro atoms. The van der Waals surface area contributed by atoms with Gasteiger partial charge in [0, 0.05) is 30.2 Å². The number of fused-ring (bicyclic) bond motifs is 1.